The van der Waals surface area contributed by atoms with Crippen molar-refractivity contribution in [2.24, 2.45) is 7.05 Å². The summed E-state index contributed by atoms with van der Waals surface area (Å²) in [5.41, 5.74) is 1.93. The number of aryl methyl sites for hydroxylation is 1. The van der Waals surface area contributed by atoms with E-state index in [-0.39, 0.29) is 6.61 Å². The number of methoxy groups -OCH3 is 1. The van der Waals surface area contributed by atoms with Crippen LogP contribution < -0.4 is 15.4 Å². The van der Waals surface area contributed by atoms with E-state index in [0.717, 1.165) is 5.56 Å². The van der Waals surface area contributed by atoms with E-state index in [0.29, 0.717) is 36.4 Å². The van der Waals surface area contributed by atoms with E-state index >= 15 is 0 Å². The van der Waals surface area contributed by atoms with Crippen LogP contribution in [0.3, 0.4) is 0 Å². The average molecular weight is 492 g/mol. The molecule has 3 amide bonds. The molecule has 1 aromatic heterocycles. The molecule has 1 aliphatic heterocycles. The number of amides is 3. The van der Waals surface area contributed by atoms with Gasteiger partial charge in [-0.1, -0.05) is 42.5 Å². The second-order valence-electron chi connectivity index (χ2n) is 8.50. The number of hydrogen-bond donors (Lipinski definition) is 2. The molecule has 188 valence electrons. The molecule has 2 N–H and O–H groups in total. The van der Waals surface area contributed by atoms with Gasteiger partial charge in [0, 0.05) is 19.8 Å². The molecule has 2 heterocycles. The molecule has 0 unspecified atom stereocenters. The van der Waals surface area contributed by atoms with Crippen molar-refractivity contribution in [2.45, 2.75) is 31.5 Å². The highest BCUT2D eigenvalue weighted by Crippen LogP contribution is 2.23. The molecule has 1 aliphatic rings. The number of ether oxygens (including phenoxy) is 2. The summed E-state index contributed by atoms with van der Waals surface area (Å²) in [6, 6.07) is 14.5. The third kappa shape index (κ3) is 6.01. The minimum Gasteiger partial charge on any atom is -0.497 e. The molecule has 36 heavy (non-hydrogen) atoms. The number of benzene rings is 2. The topological polar surface area (TPSA) is 115 Å². The van der Waals surface area contributed by atoms with Crippen LogP contribution in [0.2, 0.25) is 0 Å². The van der Waals surface area contributed by atoms with Crippen LogP contribution in [-0.4, -0.2) is 52.3 Å². The summed E-state index contributed by atoms with van der Waals surface area (Å²) in [5.74, 6) is -0.233. The van der Waals surface area contributed by atoms with Crippen LogP contribution in [0.15, 0.2) is 67.0 Å². The van der Waals surface area contributed by atoms with Crippen molar-refractivity contribution in [3.63, 3.8) is 0 Å². The number of carbonyl (C=O) groups excluding carboxylic acids is 3. The zero-order chi connectivity index (χ0) is 25.5. The summed E-state index contributed by atoms with van der Waals surface area (Å²) in [6.07, 6.45) is 3.76. The van der Waals surface area contributed by atoms with E-state index in [1.165, 1.54) is 11.1 Å². The summed E-state index contributed by atoms with van der Waals surface area (Å²) in [4.78, 5) is 40.7. The Morgan fingerprint density at radius 3 is 2.53 bits per heavy atom. The SMILES string of the molecule is COc1ccc([C@H](NC(=O)[C@@H]2CCCN2C(=O)OCc2ccccc2)C(=O)Nc2cnn(C)c2)cc1. The third-order valence-corrected chi connectivity index (χ3v) is 5.97. The van der Waals surface area contributed by atoms with Crippen LogP contribution >= 0.6 is 0 Å². The van der Waals surface area contributed by atoms with Crippen molar-refractivity contribution in [1.82, 2.24) is 20.0 Å². The van der Waals surface area contributed by atoms with Crippen molar-refractivity contribution < 1.29 is 23.9 Å². The zero-order valence-corrected chi connectivity index (χ0v) is 20.2. The first kappa shape index (κ1) is 24.8. The van der Waals surface area contributed by atoms with Crippen LogP contribution in [0.5, 0.6) is 5.75 Å². The Hall–Kier alpha value is -4.34. The number of anilines is 1. The van der Waals surface area contributed by atoms with Crippen LogP contribution in [0.25, 0.3) is 0 Å². The second-order valence-corrected chi connectivity index (χ2v) is 8.50. The molecule has 3 aromatic rings. The molecule has 2 aromatic carbocycles. The largest absolute Gasteiger partial charge is 0.497 e. The second kappa shape index (κ2) is 11.4. The van der Waals surface area contributed by atoms with E-state index in [4.69, 9.17) is 9.47 Å². The van der Waals surface area contributed by atoms with Crippen molar-refractivity contribution in [3.05, 3.63) is 78.1 Å². The van der Waals surface area contributed by atoms with E-state index in [9.17, 15) is 14.4 Å². The fourth-order valence-corrected chi connectivity index (χ4v) is 4.10. The predicted molar refractivity (Wildman–Crippen MR) is 132 cm³/mol. The van der Waals surface area contributed by atoms with Gasteiger partial charge >= 0.3 is 6.09 Å². The summed E-state index contributed by atoms with van der Waals surface area (Å²) in [5, 5.41) is 9.67. The van der Waals surface area contributed by atoms with Crippen molar-refractivity contribution in [1.29, 1.82) is 0 Å². The average Bonchev–Trinajstić information content (AvgIpc) is 3.55. The molecular formula is C26H29N5O5. The predicted octanol–water partition coefficient (Wildman–Crippen LogP) is 3.03. The van der Waals surface area contributed by atoms with Gasteiger partial charge in [-0.05, 0) is 36.1 Å². The zero-order valence-electron chi connectivity index (χ0n) is 20.2. The molecule has 0 aliphatic carbocycles. The Kier molecular flexibility index (Phi) is 7.84. The Balaban J connectivity index is 1.47. The van der Waals surface area contributed by atoms with Gasteiger partial charge in [-0.3, -0.25) is 19.2 Å². The van der Waals surface area contributed by atoms with Gasteiger partial charge in [-0.25, -0.2) is 4.79 Å². The Morgan fingerprint density at radius 2 is 1.86 bits per heavy atom. The maximum absolute atomic E-state index is 13.3. The molecule has 1 fully saturated rings. The maximum atomic E-state index is 13.3. The quantitative estimate of drug-likeness (QED) is 0.501. The highest BCUT2D eigenvalue weighted by atomic mass is 16.6. The van der Waals surface area contributed by atoms with E-state index in [1.54, 1.807) is 49.3 Å². The molecule has 10 heteroatoms. The number of aromatic nitrogens is 2. The van der Waals surface area contributed by atoms with Gasteiger partial charge in [0.2, 0.25) is 5.91 Å². The highest BCUT2D eigenvalue weighted by Gasteiger charge is 2.37. The van der Waals surface area contributed by atoms with E-state index < -0.39 is 30.0 Å². The van der Waals surface area contributed by atoms with Gasteiger partial charge in [0.1, 0.15) is 24.4 Å². The van der Waals surface area contributed by atoms with Gasteiger partial charge < -0.3 is 20.1 Å². The number of hydrogen-bond acceptors (Lipinski definition) is 6. The summed E-state index contributed by atoms with van der Waals surface area (Å²) in [6.45, 7) is 0.521. The molecule has 10 nitrogen and oxygen atoms in total. The Labute approximate surface area is 209 Å². The lowest BCUT2D eigenvalue weighted by atomic mass is 10.0. The van der Waals surface area contributed by atoms with Gasteiger partial charge in [0.25, 0.3) is 5.91 Å². The first-order chi connectivity index (χ1) is 17.4. The van der Waals surface area contributed by atoms with E-state index in [1.807, 2.05) is 30.3 Å². The third-order valence-electron chi connectivity index (χ3n) is 5.97. The smallest absolute Gasteiger partial charge is 0.410 e. The number of likely N-dealkylation sites (tertiary alicyclic amines) is 1. The van der Waals surface area contributed by atoms with Crippen LogP contribution in [0.1, 0.15) is 30.0 Å². The highest BCUT2D eigenvalue weighted by molar-refractivity contribution is 5.98. The molecular weight excluding hydrogens is 462 g/mol. The Morgan fingerprint density at radius 1 is 1.11 bits per heavy atom. The molecule has 4 rings (SSSR count). The molecule has 1 saturated heterocycles. The number of rotatable bonds is 8. The van der Waals surface area contributed by atoms with E-state index in [2.05, 4.69) is 15.7 Å². The fraction of sp³-hybridized carbons (Fsp3) is 0.308. The number of carbonyl (C=O) groups is 3. The molecule has 2 atom stereocenters. The van der Waals surface area contributed by atoms with Gasteiger partial charge in [0.15, 0.2) is 0 Å². The number of nitrogens with zero attached hydrogens (tertiary/aromatic N) is 3. The van der Waals surface area contributed by atoms with Crippen molar-refractivity contribution in [2.75, 3.05) is 19.0 Å². The fourth-order valence-electron chi connectivity index (χ4n) is 4.10. The normalized spacial score (nSPS) is 15.7. The molecule has 0 saturated carbocycles. The Bertz CT molecular complexity index is 1190. The molecule has 0 bridgehead atoms. The lowest BCUT2D eigenvalue weighted by molar-refractivity contribution is -0.129. The lowest BCUT2D eigenvalue weighted by Crippen LogP contribution is -2.48. The first-order valence-corrected chi connectivity index (χ1v) is 11.7. The van der Waals surface area contributed by atoms with Crippen LogP contribution in [0, 0.1) is 0 Å². The standard InChI is InChI=1S/C26H29N5O5/c1-30-16-20(15-27-30)28-25(33)23(19-10-12-21(35-2)13-11-19)29-24(32)22-9-6-14-31(22)26(34)36-17-18-7-4-3-5-8-18/h3-5,7-8,10-13,15-16,22-23H,6,9,14,17H2,1-2H3,(H,28,33)(H,29,32)/t22-,23-/m0/s1. The monoisotopic (exact) mass is 491 g/mol. The summed E-state index contributed by atoms with van der Waals surface area (Å²) >= 11 is 0. The summed E-state index contributed by atoms with van der Waals surface area (Å²) in [7, 11) is 3.29. The van der Waals surface area contributed by atoms with Crippen molar-refractivity contribution >= 4 is 23.6 Å². The first-order valence-electron chi connectivity index (χ1n) is 11.7. The maximum Gasteiger partial charge on any atom is 0.410 e. The van der Waals surface area contributed by atoms with Gasteiger partial charge in [-0.2, -0.15) is 5.10 Å². The van der Waals surface area contributed by atoms with Crippen LogP contribution in [-0.2, 0) is 28.0 Å². The molecule has 0 radical (unpaired) electrons. The summed E-state index contributed by atoms with van der Waals surface area (Å²) < 4.78 is 12.2. The lowest BCUT2D eigenvalue weighted by Gasteiger charge is -2.26. The van der Waals surface area contributed by atoms with Gasteiger partial charge in [0.05, 0.1) is 19.0 Å². The van der Waals surface area contributed by atoms with Gasteiger partial charge in [-0.15, -0.1) is 0 Å². The minimum absolute atomic E-state index is 0.118. The van der Waals surface area contributed by atoms with Crippen molar-refractivity contribution in [3.8, 4) is 5.75 Å². The van der Waals surface area contributed by atoms with Crippen LogP contribution in [0.4, 0.5) is 10.5 Å². The molecule has 0 spiro atoms. The minimum atomic E-state index is -0.994. The number of nitrogens with one attached hydrogen (secondary N) is 2.